The van der Waals surface area contributed by atoms with E-state index in [-0.39, 0.29) is 23.4 Å². The first-order valence-corrected chi connectivity index (χ1v) is 7.86. The van der Waals surface area contributed by atoms with Gasteiger partial charge in [-0.3, -0.25) is 9.59 Å². The number of amides is 1. The van der Waals surface area contributed by atoms with Crippen LogP contribution in [-0.2, 0) is 9.59 Å². The van der Waals surface area contributed by atoms with Crippen LogP contribution in [0, 0.1) is 5.92 Å². The number of rotatable bonds is 5. The molecule has 114 valence electrons. The number of carboxylic acid groups (broad SMARTS) is 1. The van der Waals surface area contributed by atoms with Gasteiger partial charge in [0.1, 0.15) is 0 Å². The maximum Gasteiger partial charge on any atom is 0.306 e. The van der Waals surface area contributed by atoms with Crippen LogP contribution in [0.15, 0.2) is 0 Å². The third-order valence-corrected chi connectivity index (χ3v) is 4.77. The summed E-state index contributed by atoms with van der Waals surface area (Å²) >= 11 is 0. The molecule has 0 aromatic heterocycles. The van der Waals surface area contributed by atoms with Crippen LogP contribution in [-0.4, -0.2) is 35.1 Å². The topological polar surface area (TPSA) is 78.4 Å². The Bertz CT molecular complexity index is 356. The summed E-state index contributed by atoms with van der Waals surface area (Å²) in [7, 11) is 0. The number of hydrogen-bond donors (Lipinski definition) is 3. The van der Waals surface area contributed by atoms with E-state index in [1.54, 1.807) is 0 Å². The van der Waals surface area contributed by atoms with E-state index < -0.39 is 5.97 Å². The molecule has 0 radical (unpaired) electrons. The van der Waals surface area contributed by atoms with Gasteiger partial charge in [0, 0.05) is 6.04 Å². The van der Waals surface area contributed by atoms with Crippen LogP contribution >= 0.6 is 0 Å². The zero-order valence-electron chi connectivity index (χ0n) is 12.3. The molecule has 5 heteroatoms. The van der Waals surface area contributed by atoms with Gasteiger partial charge in [0.05, 0.1) is 11.5 Å². The van der Waals surface area contributed by atoms with Gasteiger partial charge < -0.3 is 15.7 Å². The molecule has 2 aliphatic rings. The second kappa shape index (κ2) is 6.57. The van der Waals surface area contributed by atoms with E-state index in [1.165, 1.54) is 0 Å². The van der Waals surface area contributed by atoms with Crippen LogP contribution in [0.3, 0.4) is 0 Å². The Hall–Kier alpha value is -1.10. The fourth-order valence-electron chi connectivity index (χ4n) is 3.56. The van der Waals surface area contributed by atoms with E-state index in [2.05, 4.69) is 17.6 Å². The Morgan fingerprint density at radius 3 is 2.50 bits per heavy atom. The summed E-state index contributed by atoms with van der Waals surface area (Å²) < 4.78 is 0. The zero-order chi connectivity index (χ0) is 14.6. The standard InChI is InChI=1S/C15H26N2O3/c1-2-8-15(9-3-10-16-15)14(20)17-12-6-4-11(5-7-12)13(18)19/h11-12,16H,2-10H2,1H3,(H,17,20)(H,18,19). The normalized spacial score (nSPS) is 33.9. The molecule has 5 nitrogen and oxygen atoms in total. The number of hydrogen-bond acceptors (Lipinski definition) is 3. The molecule has 0 spiro atoms. The third kappa shape index (κ3) is 3.32. The molecule has 20 heavy (non-hydrogen) atoms. The molecule has 1 saturated carbocycles. The Kier molecular flexibility index (Phi) is 5.02. The first-order valence-electron chi connectivity index (χ1n) is 7.86. The van der Waals surface area contributed by atoms with Gasteiger partial charge in [-0.1, -0.05) is 13.3 Å². The summed E-state index contributed by atoms with van der Waals surface area (Å²) in [6.07, 6.45) is 6.75. The van der Waals surface area contributed by atoms with Crippen molar-refractivity contribution in [1.29, 1.82) is 0 Å². The molecule has 0 aromatic carbocycles. The minimum Gasteiger partial charge on any atom is -0.481 e. The summed E-state index contributed by atoms with van der Waals surface area (Å²) in [5.74, 6) is -0.803. The largest absolute Gasteiger partial charge is 0.481 e. The first-order chi connectivity index (χ1) is 9.57. The molecule has 3 N–H and O–H groups in total. The van der Waals surface area contributed by atoms with Gasteiger partial charge in [-0.15, -0.1) is 0 Å². The van der Waals surface area contributed by atoms with Gasteiger partial charge in [0.25, 0.3) is 0 Å². The van der Waals surface area contributed by atoms with Gasteiger partial charge in [-0.25, -0.2) is 0 Å². The lowest BCUT2D eigenvalue weighted by Gasteiger charge is -2.33. The van der Waals surface area contributed by atoms with Crippen LogP contribution in [0.4, 0.5) is 0 Å². The monoisotopic (exact) mass is 282 g/mol. The average Bonchev–Trinajstić information content (AvgIpc) is 2.89. The molecule has 2 rings (SSSR count). The molecule has 1 heterocycles. The molecule has 0 aromatic rings. The van der Waals surface area contributed by atoms with Crippen molar-refractivity contribution >= 4 is 11.9 Å². The summed E-state index contributed by atoms with van der Waals surface area (Å²) in [5.41, 5.74) is -0.377. The van der Waals surface area contributed by atoms with Crippen LogP contribution < -0.4 is 10.6 Å². The number of carboxylic acids is 1. The lowest BCUT2D eigenvalue weighted by atomic mass is 9.85. The van der Waals surface area contributed by atoms with Crippen molar-refractivity contribution in [2.75, 3.05) is 6.54 Å². The summed E-state index contributed by atoms with van der Waals surface area (Å²) in [6, 6.07) is 0.147. The van der Waals surface area contributed by atoms with Crippen LogP contribution in [0.5, 0.6) is 0 Å². The van der Waals surface area contributed by atoms with Crippen molar-refractivity contribution < 1.29 is 14.7 Å². The Balaban J connectivity index is 1.87. The molecule has 1 unspecified atom stereocenters. The van der Waals surface area contributed by atoms with Crippen molar-refractivity contribution in [3.63, 3.8) is 0 Å². The molecule has 1 saturated heterocycles. The van der Waals surface area contributed by atoms with Crippen molar-refractivity contribution in [2.24, 2.45) is 5.92 Å². The predicted octanol–water partition coefficient (Wildman–Crippen LogP) is 1.67. The SMILES string of the molecule is CCCC1(C(=O)NC2CCC(C(=O)O)CC2)CCCN1. The van der Waals surface area contributed by atoms with Gasteiger partial charge >= 0.3 is 5.97 Å². The van der Waals surface area contributed by atoms with Gasteiger partial charge in [0.15, 0.2) is 0 Å². The number of aliphatic carboxylic acids is 1. The molecular weight excluding hydrogens is 256 g/mol. The zero-order valence-corrected chi connectivity index (χ0v) is 12.3. The fourth-order valence-corrected chi connectivity index (χ4v) is 3.56. The predicted molar refractivity (Wildman–Crippen MR) is 76.4 cm³/mol. The summed E-state index contributed by atoms with van der Waals surface area (Å²) in [4.78, 5) is 23.5. The van der Waals surface area contributed by atoms with Crippen LogP contribution in [0.25, 0.3) is 0 Å². The third-order valence-electron chi connectivity index (χ3n) is 4.77. The fraction of sp³-hybridized carbons (Fsp3) is 0.867. The number of carbonyl (C=O) groups excluding carboxylic acids is 1. The van der Waals surface area contributed by atoms with Crippen molar-refractivity contribution in [2.45, 2.75) is 69.9 Å². The Labute approximate surface area is 120 Å². The number of nitrogens with one attached hydrogen (secondary N) is 2. The minimum atomic E-state index is -0.699. The van der Waals surface area contributed by atoms with Crippen molar-refractivity contribution in [3.8, 4) is 0 Å². The van der Waals surface area contributed by atoms with E-state index in [4.69, 9.17) is 5.11 Å². The maximum absolute atomic E-state index is 12.6. The smallest absolute Gasteiger partial charge is 0.306 e. The Morgan fingerprint density at radius 1 is 1.30 bits per heavy atom. The maximum atomic E-state index is 12.6. The highest BCUT2D eigenvalue weighted by Crippen LogP contribution is 2.28. The van der Waals surface area contributed by atoms with Gasteiger partial charge in [-0.2, -0.15) is 0 Å². The molecule has 1 amide bonds. The summed E-state index contributed by atoms with van der Waals surface area (Å²) in [5, 5.41) is 15.5. The lowest BCUT2D eigenvalue weighted by Crippen LogP contribution is -2.56. The number of carbonyl (C=O) groups is 2. The molecule has 2 fully saturated rings. The molecule has 0 bridgehead atoms. The molecular formula is C15H26N2O3. The highest BCUT2D eigenvalue weighted by molar-refractivity contribution is 5.87. The van der Waals surface area contributed by atoms with E-state index >= 15 is 0 Å². The van der Waals surface area contributed by atoms with Crippen molar-refractivity contribution in [3.05, 3.63) is 0 Å². The van der Waals surface area contributed by atoms with Crippen molar-refractivity contribution in [1.82, 2.24) is 10.6 Å². The van der Waals surface area contributed by atoms with E-state index in [0.29, 0.717) is 12.8 Å². The molecule has 1 atom stereocenters. The average molecular weight is 282 g/mol. The van der Waals surface area contributed by atoms with E-state index in [9.17, 15) is 9.59 Å². The van der Waals surface area contributed by atoms with Crippen LogP contribution in [0.1, 0.15) is 58.3 Å². The second-order valence-corrected chi connectivity index (χ2v) is 6.22. The van der Waals surface area contributed by atoms with E-state index in [1.807, 2.05) is 0 Å². The van der Waals surface area contributed by atoms with E-state index in [0.717, 1.165) is 45.1 Å². The minimum absolute atomic E-state index is 0.121. The second-order valence-electron chi connectivity index (χ2n) is 6.22. The molecule has 1 aliphatic heterocycles. The summed E-state index contributed by atoms with van der Waals surface area (Å²) in [6.45, 7) is 3.02. The van der Waals surface area contributed by atoms with Gasteiger partial charge in [0.2, 0.25) is 5.91 Å². The quantitative estimate of drug-likeness (QED) is 0.716. The van der Waals surface area contributed by atoms with Crippen LogP contribution in [0.2, 0.25) is 0 Å². The molecule has 1 aliphatic carbocycles. The highest BCUT2D eigenvalue weighted by Gasteiger charge is 2.41. The first kappa shape index (κ1) is 15.3. The lowest BCUT2D eigenvalue weighted by molar-refractivity contribution is -0.142. The Morgan fingerprint density at radius 2 is 2.00 bits per heavy atom. The highest BCUT2D eigenvalue weighted by atomic mass is 16.4. The van der Waals surface area contributed by atoms with Gasteiger partial charge in [-0.05, 0) is 51.5 Å².